The Morgan fingerprint density at radius 2 is 2.04 bits per heavy atom. The minimum absolute atomic E-state index is 0.0420. The van der Waals surface area contributed by atoms with Gasteiger partial charge in [-0.25, -0.2) is 12.8 Å². The Hall–Kier alpha value is -2.49. The Labute approximate surface area is 160 Å². The molecule has 0 unspecified atom stereocenters. The first-order valence-electron chi connectivity index (χ1n) is 7.69. The molecular weight excluding hydrogens is 397 g/mol. The summed E-state index contributed by atoms with van der Waals surface area (Å²) in [5, 5.41) is 4.34. The lowest BCUT2D eigenvalue weighted by Gasteiger charge is -2.15. The summed E-state index contributed by atoms with van der Waals surface area (Å²) < 4.78 is 50.0. The number of rotatable bonds is 6. The van der Waals surface area contributed by atoms with Crippen LogP contribution in [0.25, 0.3) is 11.4 Å². The van der Waals surface area contributed by atoms with E-state index in [4.69, 9.17) is 20.9 Å². The molecule has 0 saturated carbocycles. The molecule has 10 heteroatoms. The van der Waals surface area contributed by atoms with Gasteiger partial charge >= 0.3 is 0 Å². The highest BCUT2D eigenvalue weighted by Gasteiger charge is 2.24. The molecule has 0 N–H and O–H groups in total. The monoisotopic (exact) mass is 411 g/mol. The van der Waals surface area contributed by atoms with Crippen LogP contribution in [0.4, 0.5) is 4.39 Å². The molecule has 0 aliphatic rings. The number of hydrogen-bond donors (Lipinski definition) is 0. The van der Waals surface area contributed by atoms with Crippen molar-refractivity contribution >= 4 is 21.6 Å². The topological polar surface area (TPSA) is 85.5 Å². The van der Waals surface area contributed by atoms with E-state index in [2.05, 4.69) is 10.1 Å². The molecule has 0 amide bonds. The van der Waals surface area contributed by atoms with E-state index in [1.807, 2.05) is 0 Å². The van der Waals surface area contributed by atoms with Crippen molar-refractivity contribution in [3.63, 3.8) is 0 Å². The predicted octanol–water partition coefficient (Wildman–Crippen LogP) is 3.36. The maximum absolute atomic E-state index is 13.8. The van der Waals surface area contributed by atoms with E-state index >= 15 is 0 Å². The number of hydrogen-bond acceptors (Lipinski definition) is 6. The second kappa shape index (κ2) is 7.63. The summed E-state index contributed by atoms with van der Waals surface area (Å²) in [6.45, 7) is -0.177. The molecular formula is C17H15ClFN3O4S. The summed E-state index contributed by atoms with van der Waals surface area (Å²) in [7, 11) is -1.33. The minimum atomic E-state index is -3.96. The van der Waals surface area contributed by atoms with Crippen molar-refractivity contribution < 1.29 is 22.1 Å². The molecule has 3 rings (SSSR count). The van der Waals surface area contributed by atoms with Crippen LogP contribution < -0.4 is 4.74 Å². The van der Waals surface area contributed by atoms with Crippen molar-refractivity contribution in [2.24, 2.45) is 0 Å². The lowest BCUT2D eigenvalue weighted by molar-refractivity contribution is 0.336. The van der Waals surface area contributed by atoms with Crippen LogP contribution in [0, 0.1) is 5.82 Å². The zero-order valence-electron chi connectivity index (χ0n) is 14.4. The molecule has 0 fully saturated rings. The largest absolute Gasteiger partial charge is 0.494 e. The Kier molecular flexibility index (Phi) is 5.45. The van der Waals surface area contributed by atoms with Gasteiger partial charge in [-0.3, -0.25) is 0 Å². The minimum Gasteiger partial charge on any atom is -0.494 e. The third-order valence-corrected chi connectivity index (χ3v) is 5.77. The molecule has 1 aromatic heterocycles. The average Bonchev–Trinajstić information content (AvgIpc) is 3.10. The van der Waals surface area contributed by atoms with Gasteiger partial charge in [0.1, 0.15) is 0 Å². The van der Waals surface area contributed by atoms with Gasteiger partial charge in [0.2, 0.25) is 21.7 Å². The van der Waals surface area contributed by atoms with Crippen LogP contribution in [-0.4, -0.2) is 37.0 Å². The summed E-state index contributed by atoms with van der Waals surface area (Å²) in [6.07, 6.45) is 0. The fourth-order valence-electron chi connectivity index (χ4n) is 2.33. The van der Waals surface area contributed by atoms with E-state index in [1.54, 1.807) is 24.3 Å². The summed E-state index contributed by atoms with van der Waals surface area (Å²) in [4.78, 5) is 3.97. The van der Waals surface area contributed by atoms with Crippen LogP contribution in [0.15, 0.2) is 51.9 Å². The smallest absolute Gasteiger partial charge is 0.243 e. The average molecular weight is 412 g/mol. The number of benzene rings is 2. The van der Waals surface area contributed by atoms with Crippen LogP contribution in [-0.2, 0) is 16.6 Å². The molecule has 142 valence electrons. The molecule has 0 aliphatic heterocycles. The second-order valence-corrected chi connectivity index (χ2v) is 8.06. The summed E-state index contributed by atoms with van der Waals surface area (Å²) in [5.74, 6) is -0.438. The van der Waals surface area contributed by atoms with Gasteiger partial charge in [-0.1, -0.05) is 28.9 Å². The van der Waals surface area contributed by atoms with Crippen molar-refractivity contribution in [1.82, 2.24) is 14.4 Å². The van der Waals surface area contributed by atoms with E-state index in [0.29, 0.717) is 10.6 Å². The molecule has 0 spiro atoms. The zero-order valence-corrected chi connectivity index (χ0v) is 16.0. The molecule has 0 radical (unpaired) electrons. The first-order valence-corrected chi connectivity index (χ1v) is 9.51. The van der Waals surface area contributed by atoms with E-state index in [1.165, 1.54) is 26.3 Å². The van der Waals surface area contributed by atoms with Crippen molar-refractivity contribution in [3.8, 4) is 17.1 Å². The maximum Gasteiger partial charge on any atom is 0.243 e. The Morgan fingerprint density at radius 1 is 1.26 bits per heavy atom. The number of methoxy groups -OCH3 is 1. The number of halogens is 2. The Balaban J connectivity index is 1.80. The molecule has 0 atom stereocenters. The quantitative estimate of drug-likeness (QED) is 0.618. The second-order valence-electron chi connectivity index (χ2n) is 5.58. The molecule has 1 heterocycles. The fraction of sp³-hybridized carbons (Fsp3) is 0.176. The van der Waals surface area contributed by atoms with Gasteiger partial charge in [-0.2, -0.15) is 9.29 Å². The van der Waals surface area contributed by atoms with Crippen molar-refractivity contribution in [2.75, 3.05) is 14.2 Å². The highest BCUT2D eigenvalue weighted by molar-refractivity contribution is 7.89. The normalized spacial score (nSPS) is 11.7. The van der Waals surface area contributed by atoms with Crippen LogP contribution in [0.2, 0.25) is 5.02 Å². The number of sulfonamides is 1. The lowest BCUT2D eigenvalue weighted by Crippen LogP contribution is -2.26. The molecule has 3 aromatic rings. The van der Waals surface area contributed by atoms with Gasteiger partial charge in [-0.05, 0) is 30.3 Å². The predicted molar refractivity (Wildman–Crippen MR) is 96.3 cm³/mol. The van der Waals surface area contributed by atoms with Crippen LogP contribution in [0.5, 0.6) is 5.75 Å². The lowest BCUT2D eigenvalue weighted by atomic mass is 10.2. The van der Waals surface area contributed by atoms with E-state index in [-0.39, 0.29) is 28.9 Å². The van der Waals surface area contributed by atoms with Gasteiger partial charge < -0.3 is 9.26 Å². The first-order chi connectivity index (χ1) is 12.8. The van der Waals surface area contributed by atoms with Crippen LogP contribution in [0.3, 0.4) is 0 Å². The SMILES string of the molecule is COc1ccc(S(=O)(=O)N(C)Cc2nc(-c3cccc(Cl)c3)no2)cc1F. The first kappa shape index (κ1) is 19.3. The van der Waals surface area contributed by atoms with Gasteiger partial charge in [0.25, 0.3) is 0 Å². The number of ether oxygens (including phenoxy) is 1. The fourth-order valence-corrected chi connectivity index (χ4v) is 3.65. The molecule has 0 saturated heterocycles. The zero-order chi connectivity index (χ0) is 19.6. The van der Waals surface area contributed by atoms with E-state index in [9.17, 15) is 12.8 Å². The van der Waals surface area contributed by atoms with Crippen LogP contribution in [0.1, 0.15) is 5.89 Å². The van der Waals surface area contributed by atoms with E-state index < -0.39 is 15.8 Å². The highest BCUT2D eigenvalue weighted by Crippen LogP contribution is 2.24. The Bertz CT molecular complexity index is 1070. The van der Waals surface area contributed by atoms with Crippen molar-refractivity contribution in [3.05, 3.63) is 59.2 Å². The van der Waals surface area contributed by atoms with Crippen molar-refractivity contribution in [2.45, 2.75) is 11.4 Å². The van der Waals surface area contributed by atoms with E-state index in [0.717, 1.165) is 10.4 Å². The molecule has 7 nitrogen and oxygen atoms in total. The Morgan fingerprint density at radius 3 is 2.70 bits per heavy atom. The standard InChI is InChI=1S/C17H15ClFN3O4S/c1-22(27(23,24)13-6-7-15(25-2)14(19)9-13)10-16-20-17(21-26-16)11-4-3-5-12(18)8-11/h3-9H,10H2,1-2H3. The molecule has 0 bridgehead atoms. The summed E-state index contributed by atoms with van der Waals surface area (Å²) in [6, 6.07) is 10.3. The summed E-state index contributed by atoms with van der Waals surface area (Å²) in [5.41, 5.74) is 0.639. The van der Waals surface area contributed by atoms with Crippen LogP contribution >= 0.6 is 11.6 Å². The van der Waals surface area contributed by atoms with Gasteiger partial charge in [-0.15, -0.1) is 0 Å². The number of aromatic nitrogens is 2. The molecule has 27 heavy (non-hydrogen) atoms. The molecule has 0 aliphatic carbocycles. The highest BCUT2D eigenvalue weighted by atomic mass is 35.5. The van der Waals surface area contributed by atoms with Gasteiger partial charge in [0, 0.05) is 17.6 Å². The van der Waals surface area contributed by atoms with Gasteiger partial charge in [0.05, 0.1) is 18.6 Å². The maximum atomic E-state index is 13.8. The van der Waals surface area contributed by atoms with Crippen molar-refractivity contribution in [1.29, 1.82) is 0 Å². The summed E-state index contributed by atoms with van der Waals surface area (Å²) >= 11 is 5.93. The number of nitrogens with zero attached hydrogens (tertiary/aromatic N) is 3. The molecule has 2 aromatic carbocycles. The third-order valence-electron chi connectivity index (χ3n) is 3.74. The third kappa shape index (κ3) is 4.10. The van der Waals surface area contributed by atoms with Gasteiger partial charge in [0.15, 0.2) is 11.6 Å².